The van der Waals surface area contributed by atoms with Gasteiger partial charge in [0.25, 0.3) is 0 Å². The van der Waals surface area contributed by atoms with Crippen molar-refractivity contribution in [3.63, 3.8) is 0 Å². The Morgan fingerprint density at radius 2 is 2.15 bits per heavy atom. The summed E-state index contributed by atoms with van der Waals surface area (Å²) in [6.07, 6.45) is 3.55. The molecule has 20 heavy (non-hydrogen) atoms. The van der Waals surface area contributed by atoms with Gasteiger partial charge < -0.3 is 14.8 Å². The van der Waals surface area contributed by atoms with Gasteiger partial charge in [-0.3, -0.25) is 0 Å². The van der Waals surface area contributed by atoms with Crippen molar-refractivity contribution in [1.82, 2.24) is 4.98 Å². The van der Waals surface area contributed by atoms with Crippen molar-refractivity contribution in [2.45, 2.75) is 26.2 Å². The summed E-state index contributed by atoms with van der Waals surface area (Å²) in [6.45, 7) is 4.44. The fraction of sp³-hybridized carbons (Fsp3) is 0.533. The van der Waals surface area contributed by atoms with Gasteiger partial charge in [-0.25, -0.2) is 4.98 Å². The highest BCUT2D eigenvalue weighted by Crippen LogP contribution is 2.29. The summed E-state index contributed by atoms with van der Waals surface area (Å²) >= 11 is 1.65. The third-order valence-corrected chi connectivity index (χ3v) is 3.93. The Hall–Kier alpha value is -1.33. The predicted octanol–water partition coefficient (Wildman–Crippen LogP) is 3.92. The van der Waals surface area contributed by atoms with Crippen LogP contribution in [-0.2, 0) is 4.74 Å². The Bertz CT molecular complexity index is 528. The van der Waals surface area contributed by atoms with E-state index in [2.05, 4.69) is 23.3 Å². The number of aromatic nitrogens is 1. The van der Waals surface area contributed by atoms with Crippen molar-refractivity contribution in [1.29, 1.82) is 0 Å². The zero-order valence-corrected chi connectivity index (χ0v) is 13.0. The minimum Gasteiger partial charge on any atom is -0.494 e. The van der Waals surface area contributed by atoms with Gasteiger partial charge in [-0.1, -0.05) is 31.1 Å². The molecule has 0 amide bonds. The fourth-order valence-corrected chi connectivity index (χ4v) is 2.79. The van der Waals surface area contributed by atoms with E-state index >= 15 is 0 Å². The summed E-state index contributed by atoms with van der Waals surface area (Å²) in [5.41, 5.74) is 1.01. The van der Waals surface area contributed by atoms with Crippen LogP contribution in [0.3, 0.4) is 0 Å². The Balaban J connectivity index is 1.94. The molecule has 0 radical (unpaired) electrons. The van der Waals surface area contributed by atoms with E-state index in [9.17, 15) is 0 Å². The van der Waals surface area contributed by atoms with Crippen LogP contribution in [0.25, 0.3) is 10.2 Å². The lowest BCUT2D eigenvalue weighted by atomic mass is 10.3. The molecular weight excluding hydrogens is 272 g/mol. The van der Waals surface area contributed by atoms with Crippen LogP contribution in [0, 0.1) is 0 Å². The van der Waals surface area contributed by atoms with Gasteiger partial charge in [-0.15, -0.1) is 0 Å². The molecular formula is C15H22N2O2S. The number of hydrogen-bond donors (Lipinski definition) is 1. The van der Waals surface area contributed by atoms with E-state index < -0.39 is 0 Å². The minimum absolute atomic E-state index is 0.682. The smallest absolute Gasteiger partial charge is 0.183 e. The first-order valence-electron chi connectivity index (χ1n) is 7.09. The summed E-state index contributed by atoms with van der Waals surface area (Å²) < 4.78 is 11.9. The molecule has 1 aromatic heterocycles. The molecule has 0 spiro atoms. The van der Waals surface area contributed by atoms with E-state index in [1.165, 1.54) is 12.8 Å². The Morgan fingerprint density at radius 3 is 2.95 bits per heavy atom. The van der Waals surface area contributed by atoms with Crippen LogP contribution in [0.5, 0.6) is 5.75 Å². The first-order chi connectivity index (χ1) is 9.83. The van der Waals surface area contributed by atoms with Gasteiger partial charge in [0, 0.05) is 13.7 Å². The quantitative estimate of drug-likeness (QED) is 0.712. The van der Waals surface area contributed by atoms with Gasteiger partial charge in [0.1, 0.15) is 5.75 Å². The van der Waals surface area contributed by atoms with Crippen LogP contribution in [0.15, 0.2) is 18.2 Å². The van der Waals surface area contributed by atoms with E-state index in [1.54, 1.807) is 18.4 Å². The van der Waals surface area contributed by atoms with Crippen molar-refractivity contribution < 1.29 is 9.47 Å². The molecule has 0 aliphatic carbocycles. The maximum absolute atomic E-state index is 5.76. The highest BCUT2D eigenvalue weighted by atomic mass is 32.1. The number of hydrogen-bond acceptors (Lipinski definition) is 5. The van der Waals surface area contributed by atoms with E-state index in [4.69, 9.17) is 9.47 Å². The molecule has 0 unspecified atom stereocenters. The predicted molar refractivity (Wildman–Crippen MR) is 85.0 cm³/mol. The van der Waals surface area contributed by atoms with Crippen LogP contribution < -0.4 is 10.1 Å². The van der Waals surface area contributed by atoms with Crippen molar-refractivity contribution >= 4 is 26.7 Å². The van der Waals surface area contributed by atoms with Gasteiger partial charge in [-0.05, 0) is 24.6 Å². The van der Waals surface area contributed by atoms with Crippen LogP contribution in [0.4, 0.5) is 5.13 Å². The summed E-state index contributed by atoms with van der Waals surface area (Å²) in [4.78, 5) is 4.53. The largest absolute Gasteiger partial charge is 0.494 e. The van der Waals surface area contributed by atoms with E-state index in [1.807, 2.05) is 12.1 Å². The Labute approximate surface area is 124 Å². The monoisotopic (exact) mass is 294 g/mol. The third kappa shape index (κ3) is 4.35. The van der Waals surface area contributed by atoms with Crippen molar-refractivity contribution in [3.8, 4) is 5.75 Å². The van der Waals surface area contributed by atoms with Gasteiger partial charge in [0.2, 0.25) is 0 Å². The zero-order valence-electron chi connectivity index (χ0n) is 12.1. The lowest BCUT2D eigenvalue weighted by molar-refractivity contribution is 0.211. The van der Waals surface area contributed by atoms with Crippen molar-refractivity contribution in [3.05, 3.63) is 18.2 Å². The highest BCUT2D eigenvalue weighted by Gasteiger charge is 2.05. The molecule has 1 aromatic carbocycles. The molecule has 1 N–H and O–H groups in total. The van der Waals surface area contributed by atoms with E-state index in [-0.39, 0.29) is 0 Å². The standard InChI is InChI=1S/C15H22N2O2S/c1-3-4-5-9-19-12-6-7-13-14(11-12)20-15(17-13)16-8-10-18-2/h6-7,11H,3-5,8-10H2,1-2H3,(H,16,17). The number of ether oxygens (including phenoxy) is 2. The molecule has 0 saturated heterocycles. The molecule has 110 valence electrons. The average molecular weight is 294 g/mol. The first-order valence-corrected chi connectivity index (χ1v) is 7.91. The summed E-state index contributed by atoms with van der Waals surface area (Å²) in [5.74, 6) is 0.931. The van der Waals surface area contributed by atoms with Crippen LogP contribution in [0.2, 0.25) is 0 Å². The first kappa shape index (κ1) is 15.1. The number of fused-ring (bicyclic) bond motifs is 1. The minimum atomic E-state index is 0.682. The second kappa shape index (κ2) is 8.07. The van der Waals surface area contributed by atoms with Gasteiger partial charge in [0.15, 0.2) is 5.13 Å². The SMILES string of the molecule is CCCCCOc1ccc2nc(NCCOC)sc2c1. The molecule has 0 bridgehead atoms. The van der Waals surface area contributed by atoms with E-state index in [0.717, 1.165) is 40.7 Å². The maximum atomic E-state index is 5.76. The zero-order chi connectivity index (χ0) is 14.2. The number of benzene rings is 1. The van der Waals surface area contributed by atoms with Gasteiger partial charge >= 0.3 is 0 Å². The second-order valence-electron chi connectivity index (χ2n) is 4.62. The summed E-state index contributed by atoms with van der Waals surface area (Å²) in [7, 11) is 1.70. The average Bonchev–Trinajstić information content (AvgIpc) is 2.86. The molecule has 4 nitrogen and oxygen atoms in total. The number of nitrogens with zero attached hydrogens (tertiary/aromatic N) is 1. The number of anilines is 1. The Kier molecular flexibility index (Phi) is 6.08. The van der Waals surface area contributed by atoms with Crippen LogP contribution >= 0.6 is 11.3 Å². The molecule has 0 saturated carbocycles. The molecule has 0 aliphatic heterocycles. The number of thiazole rings is 1. The van der Waals surface area contributed by atoms with Crippen LogP contribution in [0.1, 0.15) is 26.2 Å². The molecule has 1 heterocycles. The van der Waals surface area contributed by atoms with Crippen LogP contribution in [-0.4, -0.2) is 31.9 Å². The molecule has 0 atom stereocenters. The molecule has 0 fully saturated rings. The van der Waals surface area contributed by atoms with Gasteiger partial charge in [-0.2, -0.15) is 0 Å². The summed E-state index contributed by atoms with van der Waals surface area (Å²) in [5, 5.41) is 4.19. The lowest BCUT2D eigenvalue weighted by Crippen LogP contribution is -2.06. The normalized spacial score (nSPS) is 10.9. The third-order valence-electron chi connectivity index (χ3n) is 2.96. The topological polar surface area (TPSA) is 43.4 Å². The fourth-order valence-electron chi connectivity index (χ4n) is 1.87. The highest BCUT2D eigenvalue weighted by molar-refractivity contribution is 7.22. The number of nitrogens with one attached hydrogen (secondary N) is 1. The lowest BCUT2D eigenvalue weighted by Gasteiger charge is -2.04. The molecule has 0 aliphatic rings. The van der Waals surface area contributed by atoms with Gasteiger partial charge in [0.05, 0.1) is 23.4 Å². The molecule has 2 rings (SSSR count). The molecule has 2 aromatic rings. The summed E-state index contributed by atoms with van der Waals surface area (Å²) in [6, 6.07) is 6.08. The number of methoxy groups -OCH3 is 1. The van der Waals surface area contributed by atoms with Crippen molar-refractivity contribution in [2.24, 2.45) is 0 Å². The number of rotatable bonds is 9. The maximum Gasteiger partial charge on any atom is 0.183 e. The van der Waals surface area contributed by atoms with E-state index in [0.29, 0.717) is 6.61 Å². The number of unbranched alkanes of at least 4 members (excludes halogenated alkanes) is 2. The second-order valence-corrected chi connectivity index (χ2v) is 5.65. The Morgan fingerprint density at radius 1 is 1.25 bits per heavy atom. The van der Waals surface area contributed by atoms with Crippen molar-refractivity contribution in [2.75, 3.05) is 32.2 Å². The molecule has 5 heteroatoms.